The lowest BCUT2D eigenvalue weighted by Crippen LogP contribution is -2.55. The molecule has 1 heterocycles. The maximum absolute atomic E-state index is 12.9. The normalized spacial score (nSPS) is 26.8. The van der Waals surface area contributed by atoms with Gasteiger partial charge in [-0.3, -0.25) is 4.79 Å². The number of hydrogen-bond donors (Lipinski definition) is 2. The van der Waals surface area contributed by atoms with Gasteiger partial charge in [-0.25, -0.2) is 0 Å². The lowest BCUT2D eigenvalue weighted by molar-refractivity contribution is -0.129. The maximum atomic E-state index is 12.9. The largest absolute Gasteiger partial charge is 0.392 e. The SMILES string of the molecule is CCN1CCCC(NC(=O)C2(C(N)=S)CCCCCC2)C1. The van der Waals surface area contributed by atoms with Crippen molar-refractivity contribution in [2.75, 3.05) is 19.6 Å². The summed E-state index contributed by atoms with van der Waals surface area (Å²) in [5.74, 6) is 0.0832. The minimum absolute atomic E-state index is 0.0832. The predicted molar refractivity (Wildman–Crippen MR) is 90.2 cm³/mol. The summed E-state index contributed by atoms with van der Waals surface area (Å²) in [6.07, 6.45) is 8.33. The fourth-order valence-electron chi connectivity index (χ4n) is 3.70. The number of amides is 1. The van der Waals surface area contributed by atoms with Crippen LogP contribution in [0.3, 0.4) is 0 Å². The van der Waals surface area contributed by atoms with E-state index in [0.717, 1.165) is 58.2 Å². The fourth-order valence-corrected chi connectivity index (χ4v) is 4.00. The van der Waals surface area contributed by atoms with Crippen LogP contribution in [0.15, 0.2) is 0 Å². The van der Waals surface area contributed by atoms with Gasteiger partial charge in [-0.1, -0.05) is 44.8 Å². The molecule has 0 aromatic carbocycles. The zero-order valence-corrected chi connectivity index (χ0v) is 14.0. The highest BCUT2D eigenvalue weighted by Crippen LogP contribution is 2.36. The van der Waals surface area contributed by atoms with Gasteiger partial charge in [0.05, 0.1) is 10.4 Å². The highest BCUT2D eigenvalue weighted by molar-refractivity contribution is 7.80. The highest BCUT2D eigenvalue weighted by Gasteiger charge is 2.42. The fraction of sp³-hybridized carbons (Fsp3) is 0.875. The zero-order valence-electron chi connectivity index (χ0n) is 13.2. The van der Waals surface area contributed by atoms with Gasteiger partial charge in [-0.2, -0.15) is 0 Å². The van der Waals surface area contributed by atoms with Crippen molar-refractivity contribution in [3.8, 4) is 0 Å². The van der Waals surface area contributed by atoms with Crippen molar-refractivity contribution in [1.82, 2.24) is 10.2 Å². The Kier molecular flexibility index (Phi) is 5.99. The number of nitrogens with two attached hydrogens (primary N) is 1. The van der Waals surface area contributed by atoms with Crippen LogP contribution in [0, 0.1) is 5.41 Å². The highest BCUT2D eigenvalue weighted by atomic mass is 32.1. The van der Waals surface area contributed by atoms with E-state index < -0.39 is 5.41 Å². The summed E-state index contributed by atoms with van der Waals surface area (Å²) in [5.41, 5.74) is 5.39. The van der Waals surface area contributed by atoms with Crippen molar-refractivity contribution >= 4 is 23.1 Å². The summed E-state index contributed by atoms with van der Waals surface area (Å²) in [6.45, 7) is 5.32. The number of nitrogens with zero attached hydrogens (tertiary/aromatic N) is 1. The monoisotopic (exact) mass is 311 g/mol. The number of likely N-dealkylation sites (N-methyl/N-ethyl adjacent to an activating group) is 1. The lowest BCUT2D eigenvalue weighted by Gasteiger charge is -2.36. The standard InChI is InChI=1S/C16H29N3OS/c1-2-19-11-7-8-13(12-19)18-15(20)16(14(17)21)9-5-3-4-6-10-16/h13H,2-12H2,1H3,(H2,17,21)(H,18,20). The topological polar surface area (TPSA) is 58.4 Å². The van der Waals surface area contributed by atoms with Crippen LogP contribution in [0.25, 0.3) is 0 Å². The molecule has 0 aromatic heterocycles. The van der Waals surface area contributed by atoms with Crippen LogP contribution >= 0.6 is 12.2 Å². The van der Waals surface area contributed by atoms with Crippen molar-refractivity contribution in [2.24, 2.45) is 11.1 Å². The second kappa shape index (κ2) is 7.54. The molecule has 0 spiro atoms. The predicted octanol–water partition coefficient (Wildman–Crippen LogP) is 2.21. The third kappa shape index (κ3) is 3.95. The number of carbonyl (C=O) groups is 1. The summed E-state index contributed by atoms with van der Waals surface area (Å²) >= 11 is 5.28. The first-order valence-electron chi connectivity index (χ1n) is 8.41. The Morgan fingerprint density at radius 1 is 1.29 bits per heavy atom. The van der Waals surface area contributed by atoms with Crippen LogP contribution < -0.4 is 11.1 Å². The Bertz CT molecular complexity index is 378. The van der Waals surface area contributed by atoms with Gasteiger partial charge in [0.15, 0.2) is 0 Å². The molecule has 1 aliphatic heterocycles. The Morgan fingerprint density at radius 2 is 1.95 bits per heavy atom. The summed E-state index contributed by atoms with van der Waals surface area (Å²) in [6, 6.07) is 0.251. The molecule has 2 aliphatic rings. The van der Waals surface area contributed by atoms with Crippen molar-refractivity contribution in [3.63, 3.8) is 0 Å². The van der Waals surface area contributed by atoms with E-state index >= 15 is 0 Å². The first-order chi connectivity index (χ1) is 10.1. The third-order valence-electron chi connectivity index (χ3n) is 5.15. The van der Waals surface area contributed by atoms with Crippen LogP contribution in [-0.2, 0) is 4.79 Å². The van der Waals surface area contributed by atoms with E-state index in [4.69, 9.17) is 18.0 Å². The van der Waals surface area contributed by atoms with Gasteiger partial charge in [-0.15, -0.1) is 0 Å². The quantitative estimate of drug-likeness (QED) is 0.617. The van der Waals surface area contributed by atoms with Crippen molar-refractivity contribution in [3.05, 3.63) is 0 Å². The van der Waals surface area contributed by atoms with Gasteiger partial charge >= 0.3 is 0 Å². The summed E-state index contributed by atoms with van der Waals surface area (Å²) in [7, 11) is 0. The van der Waals surface area contributed by atoms with E-state index in [1.807, 2.05) is 0 Å². The molecule has 2 rings (SSSR count). The first kappa shape index (κ1) is 16.7. The maximum Gasteiger partial charge on any atom is 0.233 e. The number of rotatable bonds is 4. The molecule has 1 saturated heterocycles. The second-order valence-electron chi connectivity index (χ2n) is 6.57. The van der Waals surface area contributed by atoms with Crippen molar-refractivity contribution < 1.29 is 4.79 Å². The van der Waals surface area contributed by atoms with Crippen LogP contribution in [-0.4, -0.2) is 41.5 Å². The van der Waals surface area contributed by atoms with Gasteiger partial charge in [-0.05, 0) is 38.8 Å². The molecule has 0 aromatic rings. The van der Waals surface area contributed by atoms with Crippen LogP contribution in [0.5, 0.6) is 0 Å². The number of nitrogens with one attached hydrogen (secondary N) is 1. The Labute approximate surface area is 133 Å². The molecule has 120 valence electrons. The first-order valence-corrected chi connectivity index (χ1v) is 8.82. The molecule has 1 aliphatic carbocycles. The number of thiocarbonyl (C=S) groups is 1. The van der Waals surface area contributed by atoms with Crippen molar-refractivity contribution in [2.45, 2.75) is 64.3 Å². The van der Waals surface area contributed by atoms with E-state index in [0.29, 0.717) is 4.99 Å². The minimum Gasteiger partial charge on any atom is -0.392 e. The molecule has 1 saturated carbocycles. The summed E-state index contributed by atoms with van der Waals surface area (Å²) in [4.78, 5) is 15.7. The summed E-state index contributed by atoms with van der Waals surface area (Å²) < 4.78 is 0. The smallest absolute Gasteiger partial charge is 0.233 e. The average molecular weight is 311 g/mol. The molecule has 4 nitrogen and oxygen atoms in total. The molecular weight excluding hydrogens is 282 g/mol. The summed E-state index contributed by atoms with van der Waals surface area (Å²) in [5, 5.41) is 3.25. The van der Waals surface area contributed by atoms with Gasteiger partial charge < -0.3 is 16.0 Å². The van der Waals surface area contributed by atoms with E-state index in [2.05, 4.69) is 17.1 Å². The minimum atomic E-state index is -0.597. The van der Waals surface area contributed by atoms with E-state index in [1.54, 1.807) is 0 Å². The van der Waals surface area contributed by atoms with E-state index in [1.165, 1.54) is 12.8 Å². The van der Waals surface area contributed by atoms with Gasteiger partial charge in [0.2, 0.25) is 5.91 Å². The number of hydrogen-bond acceptors (Lipinski definition) is 3. The van der Waals surface area contributed by atoms with Gasteiger partial charge in [0.1, 0.15) is 0 Å². The van der Waals surface area contributed by atoms with Crippen LogP contribution in [0.1, 0.15) is 58.3 Å². The van der Waals surface area contributed by atoms with Gasteiger partial charge in [0.25, 0.3) is 0 Å². The van der Waals surface area contributed by atoms with Gasteiger partial charge in [0, 0.05) is 12.6 Å². The lowest BCUT2D eigenvalue weighted by atomic mass is 9.79. The number of piperidine rings is 1. The number of likely N-dealkylation sites (tertiary alicyclic amines) is 1. The average Bonchev–Trinajstić information content (AvgIpc) is 2.74. The molecule has 1 unspecified atom stereocenters. The molecule has 3 N–H and O–H groups in total. The molecule has 5 heteroatoms. The Balaban J connectivity index is 2.03. The molecule has 21 heavy (non-hydrogen) atoms. The molecule has 1 atom stereocenters. The molecule has 2 fully saturated rings. The molecule has 1 amide bonds. The van der Waals surface area contributed by atoms with Crippen LogP contribution in [0.4, 0.5) is 0 Å². The molecule has 0 radical (unpaired) electrons. The molecule has 0 bridgehead atoms. The second-order valence-corrected chi connectivity index (χ2v) is 7.01. The number of carbonyl (C=O) groups excluding carboxylic acids is 1. The van der Waals surface area contributed by atoms with Crippen molar-refractivity contribution in [1.29, 1.82) is 0 Å². The zero-order chi connectivity index (χ0) is 15.3. The Hall–Kier alpha value is -0.680. The van der Waals surface area contributed by atoms with E-state index in [9.17, 15) is 4.79 Å². The van der Waals surface area contributed by atoms with Crippen LogP contribution in [0.2, 0.25) is 0 Å². The third-order valence-corrected chi connectivity index (χ3v) is 5.54. The van der Waals surface area contributed by atoms with E-state index in [-0.39, 0.29) is 11.9 Å². The molecular formula is C16H29N3OS. The Morgan fingerprint density at radius 3 is 2.52 bits per heavy atom.